The number of methoxy groups -OCH3 is 1. The van der Waals surface area contributed by atoms with Gasteiger partial charge in [-0.3, -0.25) is 9.36 Å². The zero-order chi connectivity index (χ0) is 25.2. The van der Waals surface area contributed by atoms with Crippen LogP contribution >= 0.6 is 23.2 Å². The molecule has 1 saturated heterocycles. The third-order valence-electron chi connectivity index (χ3n) is 5.94. The molecule has 2 aromatic heterocycles. The predicted octanol–water partition coefficient (Wildman–Crippen LogP) is 4.12. The Morgan fingerprint density at radius 1 is 1.17 bits per heavy atom. The highest BCUT2D eigenvalue weighted by molar-refractivity contribution is 6.37. The SMILES string of the molecule is COc1cc(Nc2ncc3c(=O)n(-c4c(Cl)cccc4Cl)cc(C#N)c3n2)ccc1N1CCNCC1. The highest BCUT2D eigenvalue weighted by Gasteiger charge is 2.18. The molecule has 0 unspecified atom stereocenters. The van der Waals surface area contributed by atoms with Crippen LogP contribution in [0.5, 0.6) is 5.75 Å². The topological polar surface area (TPSA) is 108 Å². The second-order valence-electron chi connectivity index (χ2n) is 8.10. The number of fused-ring (bicyclic) bond motifs is 1. The van der Waals surface area contributed by atoms with Crippen molar-refractivity contribution in [2.45, 2.75) is 0 Å². The largest absolute Gasteiger partial charge is 0.495 e. The first-order valence-corrected chi connectivity index (χ1v) is 11.9. The predicted molar refractivity (Wildman–Crippen MR) is 141 cm³/mol. The molecule has 182 valence electrons. The second kappa shape index (κ2) is 10.0. The summed E-state index contributed by atoms with van der Waals surface area (Å²) in [5.41, 5.74) is 1.98. The average molecular weight is 522 g/mol. The Morgan fingerprint density at radius 2 is 1.92 bits per heavy atom. The number of rotatable bonds is 5. The lowest BCUT2D eigenvalue weighted by atomic mass is 10.2. The number of nitriles is 1. The number of hydrogen-bond acceptors (Lipinski definition) is 8. The summed E-state index contributed by atoms with van der Waals surface area (Å²) in [6.45, 7) is 3.62. The second-order valence-corrected chi connectivity index (χ2v) is 8.92. The molecule has 1 fully saturated rings. The van der Waals surface area contributed by atoms with Crippen LogP contribution in [0.15, 0.2) is 53.6 Å². The van der Waals surface area contributed by atoms with Crippen molar-refractivity contribution in [3.05, 3.63) is 74.8 Å². The minimum atomic E-state index is -0.437. The van der Waals surface area contributed by atoms with Crippen molar-refractivity contribution in [3.63, 3.8) is 0 Å². The summed E-state index contributed by atoms with van der Waals surface area (Å²) in [7, 11) is 1.63. The van der Waals surface area contributed by atoms with Gasteiger partial charge in [0, 0.05) is 50.3 Å². The molecule has 2 N–H and O–H groups in total. The highest BCUT2D eigenvalue weighted by atomic mass is 35.5. The number of ether oxygens (including phenoxy) is 1. The number of benzene rings is 2. The molecule has 4 aromatic rings. The number of para-hydroxylation sites is 1. The van der Waals surface area contributed by atoms with E-state index in [-0.39, 0.29) is 32.5 Å². The molecule has 0 aliphatic carbocycles. The number of nitrogens with zero attached hydrogens (tertiary/aromatic N) is 5. The van der Waals surface area contributed by atoms with Crippen LogP contribution in [0.3, 0.4) is 0 Å². The highest BCUT2D eigenvalue weighted by Crippen LogP contribution is 2.33. The molecule has 2 aromatic carbocycles. The number of hydrogen-bond donors (Lipinski definition) is 2. The van der Waals surface area contributed by atoms with Gasteiger partial charge in [0.05, 0.1) is 39.5 Å². The van der Waals surface area contributed by atoms with E-state index < -0.39 is 5.56 Å². The van der Waals surface area contributed by atoms with Crippen molar-refractivity contribution in [3.8, 4) is 17.5 Å². The molecular formula is C25H21Cl2N7O2. The van der Waals surface area contributed by atoms with E-state index in [0.717, 1.165) is 37.6 Å². The van der Waals surface area contributed by atoms with Crippen LogP contribution in [-0.4, -0.2) is 47.8 Å². The van der Waals surface area contributed by atoms with Gasteiger partial charge in [-0.1, -0.05) is 29.3 Å². The van der Waals surface area contributed by atoms with Gasteiger partial charge >= 0.3 is 0 Å². The van der Waals surface area contributed by atoms with Gasteiger partial charge in [0.15, 0.2) is 0 Å². The van der Waals surface area contributed by atoms with E-state index in [1.165, 1.54) is 17.0 Å². The molecule has 0 saturated carbocycles. The summed E-state index contributed by atoms with van der Waals surface area (Å²) in [4.78, 5) is 24.3. The van der Waals surface area contributed by atoms with E-state index in [4.69, 9.17) is 27.9 Å². The van der Waals surface area contributed by atoms with Gasteiger partial charge in [-0.25, -0.2) is 9.97 Å². The van der Waals surface area contributed by atoms with Crippen molar-refractivity contribution < 1.29 is 4.74 Å². The summed E-state index contributed by atoms with van der Waals surface area (Å²) >= 11 is 12.6. The van der Waals surface area contributed by atoms with Crippen LogP contribution in [0.1, 0.15) is 5.56 Å². The molecule has 0 spiro atoms. The molecule has 0 radical (unpaired) electrons. The third-order valence-corrected chi connectivity index (χ3v) is 6.55. The third kappa shape index (κ3) is 4.42. The maximum Gasteiger partial charge on any atom is 0.266 e. The summed E-state index contributed by atoms with van der Waals surface area (Å²) in [5.74, 6) is 0.962. The number of anilines is 3. The number of piperazine rings is 1. The minimum absolute atomic E-state index is 0.169. The van der Waals surface area contributed by atoms with Gasteiger partial charge < -0.3 is 20.3 Å². The number of aromatic nitrogens is 3. The Hall–Kier alpha value is -3.84. The van der Waals surface area contributed by atoms with Gasteiger partial charge in [0.1, 0.15) is 17.3 Å². The van der Waals surface area contributed by atoms with Crippen molar-refractivity contribution in [1.29, 1.82) is 5.26 Å². The number of pyridine rings is 1. The van der Waals surface area contributed by atoms with Crippen LogP contribution < -0.4 is 25.8 Å². The fourth-order valence-electron chi connectivity index (χ4n) is 4.20. The Balaban J connectivity index is 1.52. The van der Waals surface area contributed by atoms with Crippen molar-refractivity contribution in [1.82, 2.24) is 19.9 Å². The molecule has 3 heterocycles. The fraction of sp³-hybridized carbons (Fsp3) is 0.200. The van der Waals surface area contributed by atoms with E-state index in [0.29, 0.717) is 11.4 Å². The molecule has 0 bridgehead atoms. The first-order valence-electron chi connectivity index (χ1n) is 11.2. The van der Waals surface area contributed by atoms with E-state index in [1.54, 1.807) is 25.3 Å². The van der Waals surface area contributed by atoms with Gasteiger partial charge in [0.2, 0.25) is 5.95 Å². The lowest BCUT2D eigenvalue weighted by Gasteiger charge is -2.30. The molecule has 36 heavy (non-hydrogen) atoms. The lowest BCUT2D eigenvalue weighted by molar-refractivity contribution is 0.413. The van der Waals surface area contributed by atoms with E-state index in [2.05, 4.69) is 31.6 Å². The minimum Gasteiger partial charge on any atom is -0.495 e. The molecule has 0 atom stereocenters. The smallest absolute Gasteiger partial charge is 0.266 e. The Morgan fingerprint density at radius 3 is 2.61 bits per heavy atom. The summed E-state index contributed by atoms with van der Waals surface area (Å²) in [6, 6.07) is 12.8. The van der Waals surface area contributed by atoms with Crippen LogP contribution in [0.2, 0.25) is 10.0 Å². The standard InChI is InChI=1S/C25H21Cl2N7O2/c1-36-21-11-16(5-6-20(21)33-9-7-29-8-10-33)31-25-30-13-17-22(32-25)15(12-28)14-34(24(17)35)23-18(26)3-2-4-19(23)27/h2-6,11,13-14,29H,7-10H2,1H3,(H,30,31,32). The Labute approximate surface area is 216 Å². The first kappa shape index (κ1) is 23.9. The molecule has 9 nitrogen and oxygen atoms in total. The summed E-state index contributed by atoms with van der Waals surface area (Å²) < 4.78 is 6.87. The maximum absolute atomic E-state index is 13.3. The van der Waals surface area contributed by atoms with E-state index in [1.807, 2.05) is 18.2 Å². The first-order chi connectivity index (χ1) is 17.5. The fourth-order valence-corrected chi connectivity index (χ4v) is 4.78. The Kier molecular flexibility index (Phi) is 6.65. The summed E-state index contributed by atoms with van der Waals surface area (Å²) in [6.07, 6.45) is 2.78. The van der Waals surface area contributed by atoms with E-state index >= 15 is 0 Å². The molecule has 5 rings (SSSR count). The number of nitrogens with one attached hydrogen (secondary N) is 2. The van der Waals surface area contributed by atoms with E-state index in [9.17, 15) is 10.1 Å². The normalized spacial score (nSPS) is 13.4. The monoisotopic (exact) mass is 521 g/mol. The van der Waals surface area contributed by atoms with Crippen molar-refractivity contribution in [2.24, 2.45) is 0 Å². The average Bonchev–Trinajstić information content (AvgIpc) is 2.90. The molecule has 11 heteroatoms. The zero-order valence-electron chi connectivity index (χ0n) is 19.3. The number of halogens is 2. The molecule has 1 aliphatic rings. The van der Waals surface area contributed by atoms with Gasteiger partial charge in [-0.2, -0.15) is 5.26 Å². The molecule has 1 aliphatic heterocycles. The maximum atomic E-state index is 13.3. The Bertz CT molecular complexity index is 1540. The van der Waals surface area contributed by atoms with Crippen LogP contribution in [0, 0.1) is 11.3 Å². The quantitative estimate of drug-likeness (QED) is 0.403. The van der Waals surface area contributed by atoms with Gasteiger partial charge in [-0.05, 0) is 24.3 Å². The zero-order valence-corrected chi connectivity index (χ0v) is 20.8. The van der Waals surface area contributed by atoms with Crippen molar-refractivity contribution in [2.75, 3.05) is 43.5 Å². The van der Waals surface area contributed by atoms with Crippen LogP contribution in [0.4, 0.5) is 17.3 Å². The lowest BCUT2D eigenvalue weighted by Crippen LogP contribution is -2.43. The van der Waals surface area contributed by atoms with Gasteiger partial charge in [-0.15, -0.1) is 0 Å². The van der Waals surface area contributed by atoms with Crippen LogP contribution in [0.25, 0.3) is 16.6 Å². The molecule has 0 amide bonds. The van der Waals surface area contributed by atoms with Gasteiger partial charge in [0.25, 0.3) is 5.56 Å². The molecular weight excluding hydrogens is 501 g/mol. The van der Waals surface area contributed by atoms with Crippen LogP contribution in [-0.2, 0) is 0 Å². The van der Waals surface area contributed by atoms with Crippen molar-refractivity contribution >= 4 is 51.4 Å². The summed E-state index contributed by atoms with van der Waals surface area (Å²) in [5, 5.41) is 17.0.